The van der Waals surface area contributed by atoms with Crippen LogP contribution in [0.1, 0.15) is 11.1 Å². The predicted octanol–water partition coefficient (Wildman–Crippen LogP) is 3.58. The van der Waals surface area contributed by atoms with Crippen LogP contribution in [0.25, 0.3) is 0 Å². The van der Waals surface area contributed by atoms with Gasteiger partial charge < -0.3 is 9.29 Å². The lowest BCUT2D eigenvalue weighted by molar-refractivity contribution is -0.137. The third-order valence-electron chi connectivity index (χ3n) is 3.55. The normalized spacial score (nSPS) is 15.4. The molecule has 0 saturated carbocycles. The van der Waals surface area contributed by atoms with Gasteiger partial charge in [-0.3, -0.25) is 0 Å². The summed E-state index contributed by atoms with van der Waals surface area (Å²) in [7, 11) is 0. The van der Waals surface area contributed by atoms with Gasteiger partial charge in [0.05, 0.1) is 0 Å². The first-order chi connectivity index (χ1) is 11.2. The van der Waals surface area contributed by atoms with Crippen molar-refractivity contribution in [2.45, 2.75) is 21.1 Å². The number of rotatable bonds is 5. The van der Waals surface area contributed by atoms with Gasteiger partial charge in [0.15, 0.2) is 9.79 Å². The van der Waals surface area contributed by atoms with Crippen molar-refractivity contribution >= 4 is 28.9 Å². The molecule has 1 atom stereocenters. The number of esters is 1. The molecular formula is C18H16O3S2. The molecule has 1 unspecified atom stereocenters. The minimum atomic E-state index is -1.10. The highest BCUT2D eigenvalue weighted by molar-refractivity contribution is 7.99. The van der Waals surface area contributed by atoms with Crippen LogP contribution in [0, 0.1) is 0 Å². The third-order valence-corrected chi connectivity index (χ3v) is 6.10. The topological polar surface area (TPSA) is 49.4 Å². The lowest BCUT2D eigenvalue weighted by atomic mass is 10.0. The number of carbonyl (C=O) groups is 1. The van der Waals surface area contributed by atoms with Gasteiger partial charge in [0.2, 0.25) is 0 Å². The zero-order valence-corrected chi connectivity index (χ0v) is 14.1. The van der Waals surface area contributed by atoms with E-state index in [0.717, 1.165) is 38.3 Å². The monoisotopic (exact) mass is 344 g/mol. The molecule has 5 heteroatoms. The molecule has 1 aliphatic rings. The predicted molar refractivity (Wildman–Crippen MR) is 92.2 cm³/mol. The van der Waals surface area contributed by atoms with E-state index >= 15 is 0 Å². The molecule has 1 heterocycles. The van der Waals surface area contributed by atoms with Crippen molar-refractivity contribution in [1.82, 2.24) is 0 Å². The summed E-state index contributed by atoms with van der Waals surface area (Å²) in [4.78, 5) is 13.9. The maximum atomic E-state index is 12.6. The van der Waals surface area contributed by atoms with E-state index < -0.39 is 17.1 Å². The van der Waals surface area contributed by atoms with E-state index in [0.29, 0.717) is 12.4 Å². The highest BCUT2D eigenvalue weighted by Gasteiger charge is 2.28. The second-order valence-corrected chi connectivity index (χ2v) is 7.63. The molecule has 0 radical (unpaired) electrons. The van der Waals surface area contributed by atoms with Gasteiger partial charge in [0.1, 0.15) is 6.61 Å². The van der Waals surface area contributed by atoms with Crippen LogP contribution in [-0.4, -0.2) is 22.9 Å². The number of thioether (sulfide) groups is 1. The smallest absolute Gasteiger partial charge is 0.330 e. The molecule has 0 amide bonds. The average Bonchev–Trinajstić information content (AvgIpc) is 2.58. The van der Waals surface area contributed by atoms with Crippen molar-refractivity contribution in [3.63, 3.8) is 0 Å². The van der Waals surface area contributed by atoms with Crippen LogP contribution in [0.4, 0.5) is 0 Å². The molecule has 1 aliphatic heterocycles. The SMILES string of the molecule is C=CC(=O)OCCSc1ccc2c(c1)Cc1ccccc1[S+]2[O-]. The Morgan fingerprint density at radius 3 is 2.87 bits per heavy atom. The van der Waals surface area contributed by atoms with E-state index in [4.69, 9.17) is 4.74 Å². The zero-order chi connectivity index (χ0) is 16.2. The van der Waals surface area contributed by atoms with Crippen molar-refractivity contribution in [2.24, 2.45) is 0 Å². The molecule has 0 N–H and O–H groups in total. The first kappa shape index (κ1) is 16.2. The Hall–Kier alpha value is -1.69. The van der Waals surface area contributed by atoms with Gasteiger partial charge in [-0.25, -0.2) is 4.79 Å². The summed E-state index contributed by atoms with van der Waals surface area (Å²) in [5.41, 5.74) is 2.23. The standard InChI is InChI=1S/C18H16O3S2/c1-2-18(19)21-9-10-22-15-7-8-17-14(12-15)11-13-5-3-4-6-16(13)23(17)20/h2-8,12H,1,9-11H2. The van der Waals surface area contributed by atoms with Crippen LogP contribution in [0.5, 0.6) is 0 Å². The van der Waals surface area contributed by atoms with Gasteiger partial charge in [0.25, 0.3) is 0 Å². The van der Waals surface area contributed by atoms with Gasteiger partial charge in [-0.1, -0.05) is 24.8 Å². The molecule has 2 aromatic rings. The maximum Gasteiger partial charge on any atom is 0.330 e. The lowest BCUT2D eigenvalue weighted by Crippen LogP contribution is -2.14. The minimum absolute atomic E-state index is 0.349. The second kappa shape index (κ2) is 7.25. The highest BCUT2D eigenvalue weighted by Crippen LogP contribution is 2.36. The van der Waals surface area contributed by atoms with Crippen LogP contribution in [-0.2, 0) is 27.1 Å². The Kier molecular flexibility index (Phi) is 5.10. The summed E-state index contributed by atoms with van der Waals surface area (Å²) in [5, 5.41) is 0. The van der Waals surface area contributed by atoms with E-state index in [1.54, 1.807) is 11.8 Å². The molecule has 0 aromatic heterocycles. The number of carbonyl (C=O) groups excluding carboxylic acids is 1. The summed E-state index contributed by atoms with van der Waals surface area (Å²) in [6.45, 7) is 3.71. The van der Waals surface area contributed by atoms with E-state index in [-0.39, 0.29) is 0 Å². The van der Waals surface area contributed by atoms with E-state index in [2.05, 4.69) is 12.6 Å². The fraction of sp³-hybridized carbons (Fsp3) is 0.167. The Balaban J connectivity index is 1.69. The molecule has 23 heavy (non-hydrogen) atoms. The van der Waals surface area contributed by atoms with Crippen LogP contribution in [0.15, 0.2) is 69.8 Å². The molecular weight excluding hydrogens is 328 g/mol. The fourth-order valence-electron chi connectivity index (χ4n) is 2.48. The van der Waals surface area contributed by atoms with Gasteiger partial charge in [-0.15, -0.1) is 11.8 Å². The third kappa shape index (κ3) is 3.63. The molecule has 3 nitrogen and oxygen atoms in total. The summed E-state index contributed by atoms with van der Waals surface area (Å²) < 4.78 is 17.6. The summed E-state index contributed by atoms with van der Waals surface area (Å²) in [5.74, 6) is 0.279. The molecule has 0 aliphatic carbocycles. The Labute approximate surface area is 142 Å². The van der Waals surface area contributed by atoms with E-state index in [1.807, 2.05) is 36.4 Å². The molecule has 118 valence electrons. The Morgan fingerprint density at radius 2 is 2.04 bits per heavy atom. The van der Waals surface area contributed by atoms with Crippen molar-refractivity contribution in [2.75, 3.05) is 12.4 Å². The summed E-state index contributed by atoms with van der Waals surface area (Å²) >= 11 is 0.515. The average molecular weight is 344 g/mol. The molecule has 0 fully saturated rings. The van der Waals surface area contributed by atoms with Gasteiger partial charge >= 0.3 is 5.97 Å². The molecule has 2 aromatic carbocycles. The quantitative estimate of drug-likeness (QED) is 0.273. The van der Waals surface area contributed by atoms with Crippen molar-refractivity contribution in [3.8, 4) is 0 Å². The Morgan fingerprint density at radius 1 is 1.26 bits per heavy atom. The van der Waals surface area contributed by atoms with Crippen LogP contribution < -0.4 is 0 Å². The second-order valence-electron chi connectivity index (χ2n) is 5.04. The van der Waals surface area contributed by atoms with Crippen LogP contribution in [0.2, 0.25) is 0 Å². The van der Waals surface area contributed by atoms with Crippen molar-refractivity contribution in [1.29, 1.82) is 0 Å². The van der Waals surface area contributed by atoms with Gasteiger partial charge in [-0.2, -0.15) is 0 Å². The Bertz CT molecular complexity index is 743. The largest absolute Gasteiger partial charge is 0.606 e. The number of benzene rings is 2. The minimum Gasteiger partial charge on any atom is -0.606 e. The van der Waals surface area contributed by atoms with E-state index in [9.17, 15) is 9.35 Å². The van der Waals surface area contributed by atoms with Crippen LogP contribution in [0.3, 0.4) is 0 Å². The van der Waals surface area contributed by atoms with Crippen LogP contribution >= 0.6 is 11.8 Å². The number of hydrogen-bond donors (Lipinski definition) is 0. The first-order valence-electron chi connectivity index (χ1n) is 7.23. The summed E-state index contributed by atoms with van der Waals surface area (Å²) in [6, 6.07) is 13.9. The molecule has 3 rings (SSSR count). The summed E-state index contributed by atoms with van der Waals surface area (Å²) in [6.07, 6.45) is 1.97. The molecule has 0 bridgehead atoms. The van der Waals surface area contributed by atoms with Gasteiger partial charge in [-0.05, 0) is 24.3 Å². The van der Waals surface area contributed by atoms with E-state index in [1.165, 1.54) is 0 Å². The first-order valence-corrected chi connectivity index (χ1v) is 9.37. The molecule has 0 saturated heterocycles. The zero-order valence-electron chi connectivity index (χ0n) is 12.5. The highest BCUT2D eigenvalue weighted by atomic mass is 32.2. The maximum absolute atomic E-state index is 12.6. The fourth-order valence-corrected chi connectivity index (χ4v) is 4.65. The lowest BCUT2D eigenvalue weighted by Gasteiger charge is -2.22. The van der Waals surface area contributed by atoms with Crippen molar-refractivity contribution < 1.29 is 14.1 Å². The number of ether oxygens (including phenoxy) is 1. The van der Waals surface area contributed by atoms with Crippen molar-refractivity contribution in [3.05, 3.63) is 66.2 Å². The molecule has 0 spiro atoms. The number of hydrogen-bond acceptors (Lipinski definition) is 4. The number of fused-ring (bicyclic) bond motifs is 2. The van der Waals surface area contributed by atoms with Gasteiger partial charge in [0, 0.05) is 45.4 Å².